The zero-order valence-corrected chi connectivity index (χ0v) is 13.8. The van der Waals surface area contributed by atoms with Crippen LogP contribution in [-0.2, 0) is 9.59 Å². The van der Waals surface area contributed by atoms with E-state index in [0.29, 0.717) is 5.69 Å². The predicted octanol–water partition coefficient (Wildman–Crippen LogP) is 3.54. The number of hydrogen-bond donors (Lipinski definition) is 1. The van der Waals surface area contributed by atoms with Crippen LogP contribution in [0, 0.1) is 5.92 Å². The maximum Gasteiger partial charge on any atom is 0.244 e. The maximum atomic E-state index is 13.0. The summed E-state index contributed by atoms with van der Waals surface area (Å²) >= 11 is 0. The summed E-state index contributed by atoms with van der Waals surface area (Å²) in [7, 11) is 0. The molecule has 1 saturated carbocycles. The van der Waals surface area contributed by atoms with E-state index in [1.165, 1.54) is 0 Å². The Labute approximate surface area is 146 Å². The molecule has 126 valence electrons. The molecule has 0 bridgehead atoms. The molecule has 1 unspecified atom stereocenters. The number of carbonyl (C=O) groups excluding carboxylic acids is 2. The summed E-state index contributed by atoms with van der Waals surface area (Å²) in [4.78, 5) is 31.8. The van der Waals surface area contributed by atoms with Crippen molar-refractivity contribution >= 4 is 34.6 Å². The molecule has 2 aliphatic rings. The van der Waals surface area contributed by atoms with Crippen molar-refractivity contribution in [2.45, 2.75) is 19.3 Å². The van der Waals surface area contributed by atoms with Gasteiger partial charge in [0.1, 0.15) is 6.54 Å². The molecule has 2 aromatic rings. The molecular formula is C20H19N3O2. The number of anilines is 2. The molecule has 0 aromatic heterocycles. The molecule has 1 atom stereocenters. The summed E-state index contributed by atoms with van der Waals surface area (Å²) in [5.74, 6) is -0.433. The van der Waals surface area contributed by atoms with Gasteiger partial charge in [0.05, 0.1) is 17.3 Å². The fraction of sp³-hybridized carbons (Fsp3) is 0.250. The Morgan fingerprint density at radius 1 is 1.12 bits per heavy atom. The highest BCUT2D eigenvalue weighted by Crippen LogP contribution is 2.37. The van der Waals surface area contributed by atoms with E-state index in [-0.39, 0.29) is 24.3 Å². The van der Waals surface area contributed by atoms with Gasteiger partial charge in [-0.05, 0) is 43.5 Å². The van der Waals surface area contributed by atoms with E-state index in [2.05, 4.69) is 5.32 Å². The highest BCUT2D eigenvalue weighted by Gasteiger charge is 2.36. The third-order valence-electron chi connectivity index (χ3n) is 4.69. The number of aliphatic imine (C=N–C) groups is 1. The van der Waals surface area contributed by atoms with E-state index in [1.54, 1.807) is 4.90 Å². The van der Waals surface area contributed by atoms with Crippen molar-refractivity contribution in [2.24, 2.45) is 10.9 Å². The molecule has 2 aromatic carbocycles. The molecular weight excluding hydrogens is 314 g/mol. The summed E-state index contributed by atoms with van der Waals surface area (Å²) in [6.45, 7) is -0.00988. The van der Waals surface area contributed by atoms with Crippen molar-refractivity contribution in [3.63, 3.8) is 0 Å². The molecule has 0 radical (unpaired) electrons. The molecule has 1 fully saturated rings. The second-order valence-corrected chi connectivity index (χ2v) is 6.38. The third kappa shape index (κ3) is 3.05. The van der Waals surface area contributed by atoms with Gasteiger partial charge in [-0.3, -0.25) is 14.6 Å². The van der Waals surface area contributed by atoms with Crippen LogP contribution in [0.2, 0.25) is 0 Å². The first-order valence-corrected chi connectivity index (χ1v) is 8.55. The van der Waals surface area contributed by atoms with E-state index >= 15 is 0 Å². The van der Waals surface area contributed by atoms with E-state index in [9.17, 15) is 9.59 Å². The topological polar surface area (TPSA) is 61.8 Å². The Balaban J connectivity index is 1.62. The van der Waals surface area contributed by atoms with E-state index < -0.39 is 0 Å². The molecule has 5 nitrogen and oxygen atoms in total. The third-order valence-corrected chi connectivity index (χ3v) is 4.69. The Morgan fingerprint density at radius 2 is 1.88 bits per heavy atom. The molecule has 2 amide bonds. The van der Waals surface area contributed by atoms with Crippen LogP contribution in [0.15, 0.2) is 59.6 Å². The summed E-state index contributed by atoms with van der Waals surface area (Å²) in [6, 6.07) is 16.8. The van der Waals surface area contributed by atoms with Crippen LogP contribution in [0.5, 0.6) is 0 Å². The Morgan fingerprint density at radius 3 is 2.72 bits per heavy atom. The first kappa shape index (κ1) is 15.6. The monoisotopic (exact) mass is 333 g/mol. The van der Waals surface area contributed by atoms with Gasteiger partial charge in [0.25, 0.3) is 0 Å². The number of rotatable bonds is 3. The number of hydrogen-bond acceptors (Lipinski definition) is 3. The normalized spacial score (nSPS) is 18.9. The standard InChI is InChI=1S/C20H19N3O2/c24-19(21-14-7-2-1-3-8-14)13-23-18-12-5-4-10-17(18)22-16-11-6-9-15(16)20(23)25/h1-5,7-8,10,12,15H,6,9,11,13H2,(H,21,24). The van der Waals surface area contributed by atoms with Crippen LogP contribution in [0.1, 0.15) is 19.3 Å². The maximum absolute atomic E-state index is 13.0. The van der Waals surface area contributed by atoms with Gasteiger partial charge in [0, 0.05) is 11.4 Å². The van der Waals surface area contributed by atoms with Crippen molar-refractivity contribution in [1.29, 1.82) is 0 Å². The van der Waals surface area contributed by atoms with Crippen LogP contribution in [0.4, 0.5) is 17.1 Å². The number of carbonyl (C=O) groups is 2. The Kier molecular flexibility index (Phi) is 4.06. The van der Waals surface area contributed by atoms with Gasteiger partial charge in [0.2, 0.25) is 11.8 Å². The highest BCUT2D eigenvalue weighted by atomic mass is 16.2. The second-order valence-electron chi connectivity index (χ2n) is 6.38. The van der Waals surface area contributed by atoms with Crippen LogP contribution in [0.25, 0.3) is 0 Å². The quantitative estimate of drug-likeness (QED) is 0.934. The van der Waals surface area contributed by atoms with Gasteiger partial charge in [-0.15, -0.1) is 0 Å². The lowest BCUT2D eigenvalue weighted by atomic mass is 10.1. The number of benzene rings is 2. The minimum Gasteiger partial charge on any atom is -0.325 e. The first-order valence-electron chi connectivity index (χ1n) is 8.55. The van der Waals surface area contributed by atoms with Crippen LogP contribution >= 0.6 is 0 Å². The van der Waals surface area contributed by atoms with Crippen LogP contribution < -0.4 is 10.2 Å². The first-order chi connectivity index (χ1) is 12.2. The fourth-order valence-electron chi connectivity index (χ4n) is 3.51. The average Bonchev–Trinajstić information content (AvgIpc) is 3.05. The van der Waals surface area contributed by atoms with Gasteiger partial charge < -0.3 is 10.2 Å². The van der Waals surface area contributed by atoms with Gasteiger partial charge >= 0.3 is 0 Å². The summed E-state index contributed by atoms with van der Waals surface area (Å²) < 4.78 is 0. The summed E-state index contributed by atoms with van der Waals surface area (Å²) in [6.07, 6.45) is 2.64. The van der Waals surface area contributed by atoms with Crippen molar-refractivity contribution < 1.29 is 9.59 Å². The highest BCUT2D eigenvalue weighted by molar-refractivity contribution is 6.16. The zero-order valence-electron chi connectivity index (χ0n) is 13.8. The van der Waals surface area contributed by atoms with Gasteiger partial charge in [-0.1, -0.05) is 30.3 Å². The zero-order chi connectivity index (χ0) is 17.2. The molecule has 1 N–H and O–H groups in total. The van der Waals surface area contributed by atoms with Gasteiger partial charge in [0.15, 0.2) is 0 Å². The summed E-state index contributed by atoms with van der Waals surface area (Å²) in [5, 5.41) is 2.85. The van der Waals surface area contributed by atoms with E-state index in [0.717, 1.165) is 36.3 Å². The molecule has 0 spiro atoms. The number of fused-ring (bicyclic) bond motifs is 2. The van der Waals surface area contributed by atoms with Gasteiger partial charge in [-0.25, -0.2) is 0 Å². The fourth-order valence-corrected chi connectivity index (χ4v) is 3.51. The smallest absolute Gasteiger partial charge is 0.244 e. The Bertz CT molecular complexity index is 845. The summed E-state index contributed by atoms with van der Waals surface area (Å²) in [5.41, 5.74) is 3.14. The molecule has 1 heterocycles. The molecule has 1 aliphatic carbocycles. The molecule has 5 heteroatoms. The SMILES string of the molecule is O=C(CN1C(=O)C2CCCC2=Nc2ccccc21)Nc1ccccc1. The molecule has 25 heavy (non-hydrogen) atoms. The Hall–Kier alpha value is -2.95. The number of nitrogens with one attached hydrogen (secondary N) is 1. The van der Waals surface area contributed by atoms with Crippen LogP contribution in [0.3, 0.4) is 0 Å². The number of amides is 2. The van der Waals surface area contributed by atoms with Crippen molar-refractivity contribution in [2.75, 3.05) is 16.8 Å². The molecule has 1 aliphatic heterocycles. The largest absolute Gasteiger partial charge is 0.325 e. The molecule has 0 saturated heterocycles. The lowest BCUT2D eigenvalue weighted by molar-refractivity contribution is -0.122. The second kappa shape index (κ2) is 6.51. The van der Waals surface area contributed by atoms with Crippen molar-refractivity contribution in [3.05, 3.63) is 54.6 Å². The number of para-hydroxylation sites is 3. The van der Waals surface area contributed by atoms with Gasteiger partial charge in [-0.2, -0.15) is 0 Å². The molecule has 4 rings (SSSR count). The minimum atomic E-state index is -0.212. The average molecular weight is 333 g/mol. The lowest BCUT2D eigenvalue weighted by Crippen LogP contribution is -2.41. The predicted molar refractivity (Wildman–Crippen MR) is 98.3 cm³/mol. The van der Waals surface area contributed by atoms with Crippen molar-refractivity contribution in [3.8, 4) is 0 Å². The minimum absolute atomic E-state index is 0.00988. The lowest BCUT2D eigenvalue weighted by Gasteiger charge is -2.24. The number of nitrogens with zero attached hydrogens (tertiary/aromatic N) is 2. The van der Waals surface area contributed by atoms with E-state index in [1.807, 2.05) is 54.6 Å². The van der Waals surface area contributed by atoms with Crippen molar-refractivity contribution in [1.82, 2.24) is 0 Å². The van der Waals surface area contributed by atoms with Crippen LogP contribution in [-0.4, -0.2) is 24.1 Å². The van der Waals surface area contributed by atoms with E-state index in [4.69, 9.17) is 4.99 Å².